The van der Waals surface area contributed by atoms with Crippen molar-refractivity contribution in [2.45, 2.75) is 6.54 Å². The van der Waals surface area contributed by atoms with Crippen LogP contribution in [-0.4, -0.2) is 51.6 Å². The highest BCUT2D eigenvalue weighted by Crippen LogP contribution is 2.16. The summed E-state index contributed by atoms with van der Waals surface area (Å²) in [4.78, 5) is 13.7. The normalized spacial score (nSPS) is 10.5. The third-order valence-electron chi connectivity index (χ3n) is 2.69. The van der Waals surface area contributed by atoms with Crippen molar-refractivity contribution in [3.63, 3.8) is 0 Å². The molecule has 2 N–H and O–H groups in total. The lowest BCUT2D eigenvalue weighted by Crippen LogP contribution is -2.36. The molecule has 0 saturated heterocycles. The van der Waals surface area contributed by atoms with E-state index in [1.54, 1.807) is 7.11 Å². The molecule has 0 aliphatic heterocycles. The minimum Gasteiger partial charge on any atom is -0.496 e. The zero-order valence-electron chi connectivity index (χ0n) is 11.9. The molecule has 0 radical (unpaired) electrons. The predicted molar refractivity (Wildman–Crippen MR) is 76.3 cm³/mol. The molecule has 0 heterocycles. The van der Waals surface area contributed by atoms with E-state index >= 15 is 0 Å². The lowest BCUT2D eigenvalue weighted by Gasteiger charge is -2.11. The van der Waals surface area contributed by atoms with Gasteiger partial charge in [-0.2, -0.15) is 0 Å². The first kappa shape index (κ1) is 15.5. The highest BCUT2D eigenvalue weighted by molar-refractivity contribution is 5.78. The van der Waals surface area contributed by atoms with Gasteiger partial charge in [0.15, 0.2) is 0 Å². The van der Waals surface area contributed by atoms with Crippen molar-refractivity contribution in [1.82, 2.24) is 15.5 Å². The van der Waals surface area contributed by atoms with Gasteiger partial charge < -0.3 is 20.3 Å². The zero-order valence-corrected chi connectivity index (χ0v) is 11.9. The molecule has 1 amide bonds. The maximum absolute atomic E-state index is 11.6. The summed E-state index contributed by atoms with van der Waals surface area (Å²) in [5.74, 6) is 0.785. The van der Waals surface area contributed by atoms with E-state index in [1.165, 1.54) is 0 Å². The van der Waals surface area contributed by atoms with Gasteiger partial charge in [-0.3, -0.25) is 4.79 Å². The number of methoxy groups -OCH3 is 1. The van der Waals surface area contributed by atoms with Crippen molar-refractivity contribution in [2.24, 2.45) is 0 Å². The SMILES string of the molecule is COc1ccccc1CNC(=O)CNCCN(C)C. The third-order valence-corrected chi connectivity index (χ3v) is 2.69. The van der Waals surface area contributed by atoms with Crippen molar-refractivity contribution < 1.29 is 9.53 Å². The molecule has 5 nitrogen and oxygen atoms in total. The molecule has 5 heteroatoms. The summed E-state index contributed by atoms with van der Waals surface area (Å²) in [7, 11) is 5.64. The van der Waals surface area contributed by atoms with Crippen LogP contribution in [0.15, 0.2) is 24.3 Å². The second-order valence-electron chi connectivity index (χ2n) is 4.57. The van der Waals surface area contributed by atoms with E-state index < -0.39 is 0 Å². The number of ether oxygens (including phenoxy) is 1. The fraction of sp³-hybridized carbons (Fsp3) is 0.500. The number of likely N-dealkylation sites (N-methyl/N-ethyl adjacent to an activating group) is 1. The van der Waals surface area contributed by atoms with Crippen molar-refractivity contribution >= 4 is 5.91 Å². The molecule has 0 bridgehead atoms. The van der Waals surface area contributed by atoms with E-state index in [0.717, 1.165) is 24.4 Å². The molecule has 0 aromatic heterocycles. The number of hydrogen-bond acceptors (Lipinski definition) is 4. The van der Waals surface area contributed by atoms with Gasteiger partial charge in [-0.15, -0.1) is 0 Å². The minimum absolute atomic E-state index is 0.00957. The first-order valence-corrected chi connectivity index (χ1v) is 6.37. The van der Waals surface area contributed by atoms with Gasteiger partial charge in [0.1, 0.15) is 5.75 Å². The fourth-order valence-corrected chi connectivity index (χ4v) is 1.61. The molecule has 1 aromatic carbocycles. The van der Waals surface area contributed by atoms with E-state index in [0.29, 0.717) is 13.1 Å². The number of nitrogens with zero attached hydrogens (tertiary/aromatic N) is 1. The van der Waals surface area contributed by atoms with E-state index in [2.05, 4.69) is 15.5 Å². The minimum atomic E-state index is -0.00957. The smallest absolute Gasteiger partial charge is 0.234 e. The summed E-state index contributed by atoms with van der Waals surface area (Å²) in [6, 6.07) is 7.67. The summed E-state index contributed by atoms with van der Waals surface area (Å²) in [5.41, 5.74) is 0.978. The van der Waals surface area contributed by atoms with Gasteiger partial charge in [0, 0.05) is 25.2 Å². The Bertz CT molecular complexity index is 394. The number of rotatable bonds is 8. The van der Waals surface area contributed by atoms with Crippen molar-refractivity contribution in [1.29, 1.82) is 0 Å². The van der Waals surface area contributed by atoms with Gasteiger partial charge in [-0.1, -0.05) is 18.2 Å². The Hall–Kier alpha value is -1.59. The van der Waals surface area contributed by atoms with Crippen molar-refractivity contribution in [2.75, 3.05) is 40.8 Å². The second-order valence-corrected chi connectivity index (χ2v) is 4.57. The number of amides is 1. The van der Waals surface area contributed by atoms with Crippen LogP contribution in [0.3, 0.4) is 0 Å². The first-order chi connectivity index (χ1) is 9.13. The van der Waals surface area contributed by atoms with Gasteiger partial charge in [0.2, 0.25) is 5.91 Å². The molecule has 106 valence electrons. The highest BCUT2D eigenvalue weighted by Gasteiger charge is 2.04. The van der Waals surface area contributed by atoms with E-state index in [9.17, 15) is 4.79 Å². The monoisotopic (exact) mass is 265 g/mol. The van der Waals surface area contributed by atoms with Crippen LogP contribution in [0.5, 0.6) is 5.75 Å². The molecular formula is C14H23N3O2. The third kappa shape index (κ3) is 6.22. The van der Waals surface area contributed by atoms with Crippen LogP contribution in [-0.2, 0) is 11.3 Å². The largest absolute Gasteiger partial charge is 0.496 e. The van der Waals surface area contributed by atoms with Gasteiger partial charge in [0.05, 0.1) is 13.7 Å². The second kappa shape index (κ2) is 8.50. The molecule has 0 spiro atoms. The Kier molecular flexibility index (Phi) is 6.92. The molecule has 0 atom stereocenters. The number of benzene rings is 1. The Labute approximate surface area is 114 Å². The van der Waals surface area contributed by atoms with Crippen LogP contribution < -0.4 is 15.4 Å². The summed E-state index contributed by atoms with van der Waals surface area (Å²) < 4.78 is 5.23. The average Bonchev–Trinajstić information content (AvgIpc) is 2.41. The topological polar surface area (TPSA) is 53.6 Å². The zero-order chi connectivity index (χ0) is 14.1. The molecule has 1 aromatic rings. The maximum Gasteiger partial charge on any atom is 0.234 e. The van der Waals surface area contributed by atoms with Crippen LogP contribution in [0.1, 0.15) is 5.56 Å². The highest BCUT2D eigenvalue weighted by atomic mass is 16.5. The number of carbonyl (C=O) groups excluding carboxylic acids is 1. The molecular weight excluding hydrogens is 242 g/mol. The van der Waals surface area contributed by atoms with Crippen LogP contribution in [0.4, 0.5) is 0 Å². The average molecular weight is 265 g/mol. The van der Waals surface area contributed by atoms with Crippen LogP contribution in [0.2, 0.25) is 0 Å². The standard InChI is InChI=1S/C14H23N3O2/c1-17(2)9-8-15-11-14(18)16-10-12-6-4-5-7-13(12)19-3/h4-7,15H,8-11H2,1-3H3,(H,16,18). The summed E-state index contributed by atoms with van der Waals surface area (Å²) >= 11 is 0. The number of nitrogens with one attached hydrogen (secondary N) is 2. The Balaban J connectivity index is 2.26. The lowest BCUT2D eigenvalue weighted by atomic mass is 10.2. The Morgan fingerprint density at radius 2 is 2.05 bits per heavy atom. The van der Waals surface area contributed by atoms with E-state index in [4.69, 9.17) is 4.74 Å². The maximum atomic E-state index is 11.6. The van der Waals surface area contributed by atoms with Gasteiger partial charge >= 0.3 is 0 Å². The van der Waals surface area contributed by atoms with Gasteiger partial charge in [0.25, 0.3) is 0 Å². The number of carbonyl (C=O) groups is 1. The first-order valence-electron chi connectivity index (χ1n) is 6.37. The number of hydrogen-bond donors (Lipinski definition) is 2. The summed E-state index contributed by atoms with van der Waals surface area (Å²) in [6.45, 7) is 2.54. The van der Waals surface area contributed by atoms with Crippen LogP contribution in [0, 0.1) is 0 Å². The van der Waals surface area contributed by atoms with Gasteiger partial charge in [-0.25, -0.2) is 0 Å². The van der Waals surface area contributed by atoms with Gasteiger partial charge in [-0.05, 0) is 20.2 Å². The van der Waals surface area contributed by atoms with Crippen molar-refractivity contribution in [3.05, 3.63) is 29.8 Å². The number of para-hydroxylation sites is 1. The molecule has 0 unspecified atom stereocenters. The van der Waals surface area contributed by atoms with E-state index in [1.807, 2.05) is 38.4 Å². The van der Waals surface area contributed by atoms with Crippen LogP contribution >= 0.6 is 0 Å². The molecule has 0 fully saturated rings. The van der Waals surface area contributed by atoms with Crippen LogP contribution in [0.25, 0.3) is 0 Å². The molecule has 0 aliphatic rings. The fourth-order valence-electron chi connectivity index (χ4n) is 1.61. The molecule has 1 rings (SSSR count). The Morgan fingerprint density at radius 1 is 1.32 bits per heavy atom. The molecule has 0 saturated carbocycles. The lowest BCUT2D eigenvalue weighted by molar-refractivity contribution is -0.120. The van der Waals surface area contributed by atoms with Crippen molar-refractivity contribution in [3.8, 4) is 5.75 Å². The van der Waals surface area contributed by atoms with E-state index in [-0.39, 0.29) is 5.91 Å². The molecule has 19 heavy (non-hydrogen) atoms. The quantitative estimate of drug-likeness (QED) is 0.671. The Morgan fingerprint density at radius 3 is 2.74 bits per heavy atom. The predicted octanol–water partition coefficient (Wildman–Crippen LogP) is 0.463. The molecule has 0 aliphatic carbocycles. The summed E-state index contributed by atoms with van der Waals surface area (Å²) in [6.07, 6.45) is 0. The summed E-state index contributed by atoms with van der Waals surface area (Å²) in [5, 5.41) is 5.96.